The molecule has 2 heterocycles. The molecular weight excluding hydrogens is 308 g/mol. The number of hydrogen-bond donors (Lipinski definition) is 1. The molecule has 0 fully saturated rings. The number of anilines is 1. The molecule has 1 N–H and O–H groups in total. The summed E-state index contributed by atoms with van der Waals surface area (Å²) in [6, 6.07) is 12.3. The first-order valence-corrected chi connectivity index (χ1v) is 7.25. The summed E-state index contributed by atoms with van der Waals surface area (Å²) in [7, 11) is 3.14. The standard InChI is InChI=1S/C18H16N2O4/c1-22-15-6-5-12(10-17(15)23-2)14-7-8-16(24-14)18(21)20-13-4-3-9-19-11-13/h3-11H,1-2H3,(H,20,21). The zero-order chi connectivity index (χ0) is 16.9. The molecule has 24 heavy (non-hydrogen) atoms. The predicted octanol–water partition coefficient (Wildman–Crippen LogP) is 3.61. The maximum Gasteiger partial charge on any atom is 0.291 e. The quantitative estimate of drug-likeness (QED) is 0.776. The lowest BCUT2D eigenvalue weighted by molar-refractivity contribution is 0.0997. The number of ether oxygens (including phenoxy) is 2. The van der Waals surface area contributed by atoms with Crippen molar-refractivity contribution in [2.24, 2.45) is 0 Å². The first-order valence-electron chi connectivity index (χ1n) is 7.25. The highest BCUT2D eigenvalue weighted by Crippen LogP contribution is 2.33. The Morgan fingerprint density at radius 3 is 2.62 bits per heavy atom. The van der Waals surface area contributed by atoms with Crippen LogP contribution in [0.2, 0.25) is 0 Å². The number of benzene rings is 1. The molecule has 0 aliphatic rings. The third-order valence-corrected chi connectivity index (χ3v) is 3.42. The summed E-state index contributed by atoms with van der Waals surface area (Å²) in [5.41, 5.74) is 1.39. The minimum atomic E-state index is -0.338. The predicted molar refractivity (Wildman–Crippen MR) is 89.4 cm³/mol. The van der Waals surface area contributed by atoms with Crippen molar-refractivity contribution in [1.82, 2.24) is 4.98 Å². The Bertz CT molecular complexity index is 843. The van der Waals surface area contributed by atoms with Crippen LogP contribution in [0.4, 0.5) is 5.69 Å². The van der Waals surface area contributed by atoms with Crippen molar-refractivity contribution in [2.75, 3.05) is 19.5 Å². The lowest BCUT2D eigenvalue weighted by atomic mass is 10.1. The van der Waals surface area contributed by atoms with Crippen LogP contribution in [-0.2, 0) is 0 Å². The minimum Gasteiger partial charge on any atom is -0.493 e. The van der Waals surface area contributed by atoms with Crippen LogP contribution in [0.5, 0.6) is 11.5 Å². The van der Waals surface area contributed by atoms with E-state index in [2.05, 4.69) is 10.3 Å². The van der Waals surface area contributed by atoms with Gasteiger partial charge in [-0.2, -0.15) is 0 Å². The Kier molecular flexibility index (Phi) is 4.47. The van der Waals surface area contributed by atoms with Crippen LogP contribution in [0.1, 0.15) is 10.6 Å². The second-order valence-corrected chi connectivity index (χ2v) is 4.93. The number of rotatable bonds is 5. The van der Waals surface area contributed by atoms with Crippen molar-refractivity contribution >= 4 is 11.6 Å². The molecule has 3 aromatic rings. The van der Waals surface area contributed by atoms with Gasteiger partial charge in [-0.15, -0.1) is 0 Å². The van der Waals surface area contributed by atoms with Crippen LogP contribution in [0.3, 0.4) is 0 Å². The normalized spacial score (nSPS) is 10.2. The van der Waals surface area contributed by atoms with Gasteiger partial charge in [0.1, 0.15) is 5.76 Å². The first kappa shape index (κ1) is 15.6. The fraction of sp³-hybridized carbons (Fsp3) is 0.111. The second kappa shape index (κ2) is 6.87. The van der Waals surface area contributed by atoms with Crippen LogP contribution in [0.15, 0.2) is 59.3 Å². The SMILES string of the molecule is COc1ccc(-c2ccc(C(=O)Nc3cccnc3)o2)cc1OC. The van der Waals surface area contributed by atoms with E-state index in [4.69, 9.17) is 13.9 Å². The van der Waals surface area contributed by atoms with Gasteiger partial charge in [0.25, 0.3) is 5.91 Å². The van der Waals surface area contributed by atoms with Crippen LogP contribution < -0.4 is 14.8 Å². The highest BCUT2D eigenvalue weighted by atomic mass is 16.5. The third-order valence-electron chi connectivity index (χ3n) is 3.42. The highest BCUT2D eigenvalue weighted by molar-refractivity contribution is 6.02. The molecule has 6 heteroatoms. The number of nitrogens with zero attached hydrogens (tertiary/aromatic N) is 1. The number of carbonyl (C=O) groups excluding carboxylic acids is 1. The topological polar surface area (TPSA) is 73.6 Å². The zero-order valence-electron chi connectivity index (χ0n) is 13.3. The number of pyridine rings is 1. The van der Waals surface area contributed by atoms with Crippen LogP contribution in [-0.4, -0.2) is 25.1 Å². The van der Waals surface area contributed by atoms with Crippen molar-refractivity contribution in [2.45, 2.75) is 0 Å². The summed E-state index contributed by atoms with van der Waals surface area (Å²) in [5.74, 6) is 1.65. The molecule has 0 saturated carbocycles. The number of furan rings is 1. The van der Waals surface area contributed by atoms with E-state index in [0.29, 0.717) is 22.9 Å². The monoisotopic (exact) mass is 324 g/mol. The summed E-state index contributed by atoms with van der Waals surface area (Å²) < 4.78 is 16.1. The highest BCUT2D eigenvalue weighted by Gasteiger charge is 2.14. The van der Waals surface area contributed by atoms with E-state index in [1.54, 1.807) is 63.0 Å². The van der Waals surface area contributed by atoms with E-state index < -0.39 is 0 Å². The average molecular weight is 324 g/mol. The van der Waals surface area contributed by atoms with Crippen molar-refractivity contribution in [3.8, 4) is 22.8 Å². The minimum absolute atomic E-state index is 0.212. The molecule has 0 aliphatic carbocycles. The van der Waals surface area contributed by atoms with Crippen molar-refractivity contribution in [3.63, 3.8) is 0 Å². The van der Waals surface area contributed by atoms with E-state index in [1.807, 2.05) is 6.07 Å². The summed E-state index contributed by atoms with van der Waals surface area (Å²) in [5, 5.41) is 2.72. The summed E-state index contributed by atoms with van der Waals surface area (Å²) in [4.78, 5) is 16.2. The van der Waals surface area contributed by atoms with Gasteiger partial charge < -0.3 is 19.2 Å². The van der Waals surface area contributed by atoms with Crippen molar-refractivity contribution in [1.29, 1.82) is 0 Å². The summed E-state index contributed by atoms with van der Waals surface area (Å²) in [6.07, 6.45) is 3.20. The zero-order valence-corrected chi connectivity index (χ0v) is 13.3. The lowest BCUT2D eigenvalue weighted by Gasteiger charge is -2.08. The molecule has 0 bridgehead atoms. The molecule has 3 rings (SSSR count). The summed E-state index contributed by atoms with van der Waals surface area (Å²) in [6.45, 7) is 0. The summed E-state index contributed by atoms with van der Waals surface area (Å²) >= 11 is 0. The van der Waals surface area contributed by atoms with Gasteiger partial charge in [0, 0.05) is 11.8 Å². The van der Waals surface area contributed by atoms with Gasteiger partial charge in [-0.3, -0.25) is 9.78 Å². The Morgan fingerprint density at radius 2 is 1.92 bits per heavy atom. The number of hydrogen-bond acceptors (Lipinski definition) is 5. The molecule has 1 aromatic carbocycles. The molecule has 0 aliphatic heterocycles. The fourth-order valence-corrected chi connectivity index (χ4v) is 2.23. The van der Waals surface area contributed by atoms with Gasteiger partial charge in [0.15, 0.2) is 17.3 Å². The molecule has 6 nitrogen and oxygen atoms in total. The van der Waals surface area contributed by atoms with E-state index in [0.717, 1.165) is 5.56 Å². The molecule has 2 aromatic heterocycles. The van der Waals surface area contributed by atoms with E-state index >= 15 is 0 Å². The Balaban J connectivity index is 1.81. The number of methoxy groups -OCH3 is 2. The van der Waals surface area contributed by atoms with Crippen LogP contribution in [0.25, 0.3) is 11.3 Å². The first-order chi connectivity index (χ1) is 11.7. The number of carbonyl (C=O) groups is 1. The molecule has 0 radical (unpaired) electrons. The van der Waals surface area contributed by atoms with Crippen molar-refractivity contribution in [3.05, 3.63) is 60.6 Å². The second-order valence-electron chi connectivity index (χ2n) is 4.93. The van der Waals surface area contributed by atoms with Gasteiger partial charge in [-0.1, -0.05) is 0 Å². The van der Waals surface area contributed by atoms with Gasteiger partial charge in [-0.05, 0) is 42.5 Å². The third kappa shape index (κ3) is 3.22. The van der Waals surface area contributed by atoms with E-state index in [1.165, 1.54) is 0 Å². The maximum atomic E-state index is 12.2. The molecule has 122 valence electrons. The smallest absolute Gasteiger partial charge is 0.291 e. The number of nitrogens with one attached hydrogen (secondary N) is 1. The molecule has 0 spiro atoms. The largest absolute Gasteiger partial charge is 0.493 e. The number of amides is 1. The van der Waals surface area contributed by atoms with Crippen LogP contribution in [0, 0.1) is 0 Å². The lowest BCUT2D eigenvalue weighted by Crippen LogP contribution is -2.10. The molecule has 0 saturated heterocycles. The molecule has 0 unspecified atom stereocenters. The maximum absolute atomic E-state index is 12.2. The van der Waals surface area contributed by atoms with Gasteiger partial charge in [-0.25, -0.2) is 0 Å². The van der Waals surface area contributed by atoms with Gasteiger partial charge >= 0.3 is 0 Å². The van der Waals surface area contributed by atoms with Crippen LogP contribution >= 0.6 is 0 Å². The van der Waals surface area contributed by atoms with Crippen molar-refractivity contribution < 1.29 is 18.7 Å². The average Bonchev–Trinajstić information content (AvgIpc) is 3.12. The molecule has 1 amide bonds. The van der Waals surface area contributed by atoms with Gasteiger partial charge in [0.05, 0.1) is 26.1 Å². The molecule has 0 atom stereocenters. The number of aromatic nitrogens is 1. The van der Waals surface area contributed by atoms with E-state index in [9.17, 15) is 4.79 Å². The fourth-order valence-electron chi connectivity index (χ4n) is 2.23. The Morgan fingerprint density at radius 1 is 1.08 bits per heavy atom. The Hall–Kier alpha value is -3.28. The van der Waals surface area contributed by atoms with E-state index in [-0.39, 0.29) is 11.7 Å². The van der Waals surface area contributed by atoms with Gasteiger partial charge in [0.2, 0.25) is 0 Å². The Labute approximate surface area is 139 Å². The molecular formula is C18H16N2O4.